The minimum Gasteiger partial charge on any atom is -0.508 e. The lowest BCUT2D eigenvalue weighted by Gasteiger charge is -2.12. The summed E-state index contributed by atoms with van der Waals surface area (Å²) in [5.41, 5.74) is 7.35. The number of nitriles is 1. The van der Waals surface area contributed by atoms with Gasteiger partial charge in [-0.3, -0.25) is 0 Å². The summed E-state index contributed by atoms with van der Waals surface area (Å²) in [6.45, 7) is 0. The van der Waals surface area contributed by atoms with E-state index in [1.165, 1.54) is 0 Å². The number of phenols is 1. The molecule has 3 nitrogen and oxygen atoms in total. The number of hydrogen-bond donors (Lipinski definition) is 2. The van der Waals surface area contributed by atoms with Crippen LogP contribution in [0.15, 0.2) is 18.2 Å². The van der Waals surface area contributed by atoms with Crippen molar-refractivity contribution in [1.29, 1.82) is 5.26 Å². The summed E-state index contributed by atoms with van der Waals surface area (Å²) >= 11 is 0. The molecule has 2 rings (SSSR count). The van der Waals surface area contributed by atoms with Crippen LogP contribution in [0.4, 0.5) is 0 Å². The zero-order chi connectivity index (χ0) is 10.2. The van der Waals surface area contributed by atoms with Crippen LogP contribution in [0.25, 0.3) is 0 Å². The molecule has 14 heavy (non-hydrogen) atoms. The normalized spacial score (nSPS) is 17.4. The fourth-order valence-corrected chi connectivity index (χ4v) is 1.59. The molecule has 1 aromatic rings. The van der Waals surface area contributed by atoms with Gasteiger partial charge in [-0.2, -0.15) is 5.26 Å². The molecule has 0 heterocycles. The summed E-state index contributed by atoms with van der Waals surface area (Å²) in [7, 11) is 0. The molecule has 0 amide bonds. The number of hydrogen-bond acceptors (Lipinski definition) is 3. The van der Waals surface area contributed by atoms with E-state index in [1.807, 2.05) is 6.07 Å². The van der Waals surface area contributed by atoms with Gasteiger partial charge >= 0.3 is 0 Å². The minimum atomic E-state index is -0.338. The molecule has 3 N–H and O–H groups in total. The van der Waals surface area contributed by atoms with Gasteiger partial charge in [-0.25, -0.2) is 0 Å². The van der Waals surface area contributed by atoms with Gasteiger partial charge in [0.25, 0.3) is 0 Å². The zero-order valence-electron chi connectivity index (χ0n) is 7.83. The molecular formula is C11H12N2O. The van der Waals surface area contributed by atoms with Crippen LogP contribution in [0.5, 0.6) is 5.75 Å². The number of nitrogens with two attached hydrogens (primary N) is 1. The molecule has 0 radical (unpaired) electrons. The number of phenolic OH excluding ortho intramolecular Hbond substituents is 1. The molecule has 0 spiro atoms. The topological polar surface area (TPSA) is 70.0 Å². The number of nitrogens with zero attached hydrogens (tertiary/aromatic N) is 1. The highest BCUT2D eigenvalue weighted by atomic mass is 16.3. The molecule has 1 aromatic carbocycles. The Hall–Kier alpha value is -1.53. The quantitative estimate of drug-likeness (QED) is 0.737. The molecule has 0 unspecified atom stereocenters. The van der Waals surface area contributed by atoms with Crippen LogP contribution in [-0.2, 0) is 12.0 Å². The van der Waals surface area contributed by atoms with Gasteiger partial charge in [0.2, 0.25) is 0 Å². The van der Waals surface area contributed by atoms with E-state index in [2.05, 4.69) is 6.07 Å². The molecule has 3 heteroatoms. The van der Waals surface area contributed by atoms with Gasteiger partial charge < -0.3 is 10.8 Å². The summed E-state index contributed by atoms with van der Waals surface area (Å²) < 4.78 is 0. The maximum Gasteiger partial charge on any atom is 0.120 e. The molecule has 1 aliphatic rings. The van der Waals surface area contributed by atoms with E-state index in [0.717, 1.165) is 24.0 Å². The average molecular weight is 188 g/mol. The van der Waals surface area contributed by atoms with Crippen molar-refractivity contribution >= 4 is 0 Å². The van der Waals surface area contributed by atoms with Crippen LogP contribution in [0.3, 0.4) is 0 Å². The van der Waals surface area contributed by atoms with Crippen LogP contribution in [0.2, 0.25) is 0 Å². The largest absolute Gasteiger partial charge is 0.508 e. The Balaban J connectivity index is 2.39. The van der Waals surface area contributed by atoms with Gasteiger partial charge in [-0.05, 0) is 30.5 Å². The highest BCUT2D eigenvalue weighted by molar-refractivity contribution is 5.44. The third-order valence-corrected chi connectivity index (χ3v) is 2.67. The number of aromatic hydroxyl groups is 1. The van der Waals surface area contributed by atoms with E-state index in [0.29, 0.717) is 6.42 Å². The van der Waals surface area contributed by atoms with Gasteiger partial charge in [0, 0.05) is 11.1 Å². The summed E-state index contributed by atoms with van der Waals surface area (Å²) in [6, 6.07) is 7.30. The monoisotopic (exact) mass is 188 g/mol. The van der Waals surface area contributed by atoms with Crippen LogP contribution in [0, 0.1) is 11.3 Å². The predicted molar refractivity (Wildman–Crippen MR) is 52.5 cm³/mol. The van der Waals surface area contributed by atoms with E-state index in [4.69, 9.17) is 11.0 Å². The standard InChI is InChI=1S/C11H12N2O/c12-6-3-8-1-2-10(14)9(7-8)11(13)4-5-11/h1-2,7,14H,3-5,13H2. The molecule has 1 aliphatic carbocycles. The van der Waals surface area contributed by atoms with E-state index in [9.17, 15) is 5.11 Å². The first kappa shape index (κ1) is 9.04. The van der Waals surface area contributed by atoms with Crippen LogP contribution >= 0.6 is 0 Å². The van der Waals surface area contributed by atoms with Crippen molar-refractivity contribution < 1.29 is 5.11 Å². The first-order chi connectivity index (χ1) is 6.65. The van der Waals surface area contributed by atoms with Crippen molar-refractivity contribution in [2.45, 2.75) is 24.8 Å². The Labute approximate surface area is 82.8 Å². The second-order valence-electron chi connectivity index (χ2n) is 3.84. The average Bonchev–Trinajstić information content (AvgIpc) is 2.89. The fraction of sp³-hybridized carbons (Fsp3) is 0.364. The van der Waals surface area contributed by atoms with Gasteiger partial charge in [0.1, 0.15) is 5.75 Å². The van der Waals surface area contributed by atoms with Crippen molar-refractivity contribution in [3.8, 4) is 11.8 Å². The third-order valence-electron chi connectivity index (χ3n) is 2.67. The molecule has 0 saturated heterocycles. The Kier molecular flexibility index (Phi) is 1.94. The number of benzene rings is 1. The minimum absolute atomic E-state index is 0.242. The second kappa shape index (κ2) is 3.00. The van der Waals surface area contributed by atoms with Crippen molar-refractivity contribution in [3.63, 3.8) is 0 Å². The Morgan fingerprint density at radius 3 is 2.79 bits per heavy atom. The zero-order valence-corrected chi connectivity index (χ0v) is 7.83. The van der Waals surface area contributed by atoms with Crippen molar-refractivity contribution in [2.24, 2.45) is 5.73 Å². The van der Waals surface area contributed by atoms with Gasteiger partial charge in [-0.15, -0.1) is 0 Å². The van der Waals surface area contributed by atoms with E-state index >= 15 is 0 Å². The predicted octanol–water partition coefficient (Wildman–Crippen LogP) is 1.41. The maximum atomic E-state index is 9.62. The van der Waals surface area contributed by atoms with Gasteiger partial charge in [-0.1, -0.05) is 6.07 Å². The van der Waals surface area contributed by atoms with E-state index in [1.54, 1.807) is 12.1 Å². The molecule has 1 fully saturated rings. The van der Waals surface area contributed by atoms with E-state index in [-0.39, 0.29) is 11.3 Å². The lowest BCUT2D eigenvalue weighted by atomic mass is 10.0. The SMILES string of the molecule is N#CCc1ccc(O)c(C2(N)CC2)c1. The second-order valence-corrected chi connectivity index (χ2v) is 3.84. The molecular weight excluding hydrogens is 176 g/mol. The van der Waals surface area contributed by atoms with E-state index < -0.39 is 0 Å². The number of rotatable bonds is 2. The van der Waals surface area contributed by atoms with Crippen molar-refractivity contribution in [3.05, 3.63) is 29.3 Å². The third kappa shape index (κ3) is 1.45. The Bertz CT molecular complexity index is 402. The van der Waals surface area contributed by atoms with Crippen LogP contribution < -0.4 is 5.73 Å². The molecule has 72 valence electrons. The Morgan fingerprint density at radius 2 is 2.21 bits per heavy atom. The lowest BCUT2D eigenvalue weighted by Crippen LogP contribution is -2.18. The highest BCUT2D eigenvalue weighted by Gasteiger charge is 2.41. The van der Waals surface area contributed by atoms with Crippen LogP contribution in [0.1, 0.15) is 24.0 Å². The Morgan fingerprint density at radius 1 is 1.50 bits per heavy atom. The molecule has 0 aromatic heterocycles. The molecule has 0 atom stereocenters. The summed E-state index contributed by atoms with van der Waals surface area (Å²) in [5, 5.41) is 18.2. The van der Waals surface area contributed by atoms with Gasteiger partial charge in [0.05, 0.1) is 12.5 Å². The van der Waals surface area contributed by atoms with Crippen LogP contribution in [-0.4, -0.2) is 5.11 Å². The lowest BCUT2D eigenvalue weighted by molar-refractivity contribution is 0.459. The summed E-state index contributed by atoms with van der Waals surface area (Å²) in [5.74, 6) is 0.242. The summed E-state index contributed by atoms with van der Waals surface area (Å²) in [6.07, 6.45) is 2.19. The maximum absolute atomic E-state index is 9.62. The van der Waals surface area contributed by atoms with Crippen molar-refractivity contribution in [1.82, 2.24) is 0 Å². The first-order valence-electron chi connectivity index (χ1n) is 4.64. The fourth-order valence-electron chi connectivity index (χ4n) is 1.59. The molecule has 1 saturated carbocycles. The smallest absolute Gasteiger partial charge is 0.120 e. The summed E-state index contributed by atoms with van der Waals surface area (Å²) in [4.78, 5) is 0. The highest BCUT2D eigenvalue weighted by Crippen LogP contribution is 2.46. The first-order valence-corrected chi connectivity index (χ1v) is 4.64. The van der Waals surface area contributed by atoms with Crippen molar-refractivity contribution in [2.75, 3.05) is 0 Å². The van der Waals surface area contributed by atoms with Gasteiger partial charge in [0.15, 0.2) is 0 Å². The molecule has 0 aliphatic heterocycles. The molecule has 0 bridgehead atoms.